The van der Waals surface area contributed by atoms with Gasteiger partial charge in [-0.1, -0.05) is 0 Å². The number of aromatic nitrogens is 2. The van der Waals surface area contributed by atoms with Crippen molar-refractivity contribution >= 4 is 0 Å². The highest BCUT2D eigenvalue weighted by Crippen LogP contribution is 2.22. The first-order valence-electron chi connectivity index (χ1n) is 5.02. The zero-order chi connectivity index (χ0) is 10.0. The lowest BCUT2D eigenvalue weighted by atomic mass is 9.86. The lowest BCUT2D eigenvalue weighted by molar-refractivity contribution is 0.0533. The molecular formula is C10H17N3O. The van der Waals surface area contributed by atoms with Gasteiger partial charge in [-0.05, 0) is 24.8 Å². The van der Waals surface area contributed by atoms with Gasteiger partial charge in [0.05, 0.1) is 6.20 Å². The summed E-state index contributed by atoms with van der Waals surface area (Å²) >= 11 is 0. The van der Waals surface area contributed by atoms with Crippen LogP contribution in [0.3, 0.4) is 0 Å². The van der Waals surface area contributed by atoms with Crippen molar-refractivity contribution in [2.24, 2.45) is 12.8 Å². The van der Waals surface area contributed by atoms with Crippen molar-refractivity contribution in [3.8, 4) is 0 Å². The van der Waals surface area contributed by atoms with Gasteiger partial charge in [-0.25, -0.2) is 0 Å². The SMILES string of the molecule is Cn1cc(CC2(N)CCOCC2)cn1. The number of nitrogens with zero attached hydrogens (tertiary/aromatic N) is 2. The average molecular weight is 195 g/mol. The van der Waals surface area contributed by atoms with Gasteiger partial charge in [0, 0.05) is 32.0 Å². The van der Waals surface area contributed by atoms with Gasteiger partial charge in [-0.3, -0.25) is 4.68 Å². The molecule has 0 aromatic carbocycles. The van der Waals surface area contributed by atoms with Crippen LogP contribution >= 0.6 is 0 Å². The molecule has 78 valence electrons. The Hall–Kier alpha value is -0.870. The molecule has 0 amide bonds. The smallest absolute Gasteiger partial charge is 0.0522 e. The van der Waals surface area contributed by atoms with Crippen LogP contribution in [-0.2, 0) is 18.2 Å². The molecule has 0 atom stereocenters. The van der Waals surface area contributed by atoms with Gasteiger partial charge in [0.25, 0.3) is 0 Å². The molecule has 1 aromatic rings. The van der Waals surface area contributed by atoms with Crippen LogP contribution < -0.4 is 5.73 Å². The Morgan fingerprint density at radius 1 is 1.57 bits per heavy atom. The summed E-state index contributed by atoms with van der Waals surface area (Å²) in [5.41, 5.74) is 7.42. The van der Waals surface area contributed by atoms with Crippen LogP contribution in [0.15, 0.2) is 12.4 Å². The van der Waals surface area contributed by atoms with E-state index < -0.39 is 0 Å². The molecule has 2 heterocycles. The number of aryl methyl sites for hydroxylation is 1. The Bertz CT molecular complexity index is 302. The molecule has 1 aliphatic heterocycles. The van der Waals surface area contributed by atoms with Crippen molar-refractivity contribution in [2.75, 3.05) is 13.2 Å². The summed E-state index contributed by atoms with van der Waals surface area (Å²) in [7, 11) is 1.93. The molecule has 1 saturated heterocycles. The molecule has 0 aliphatic carbocycles. The van der Waals surface area contributed by atoms with Crippen molar-refractivity contribution in [3.05, 3.63) is 18.0 Å². The third-order valence-electron chi connectivity index (χ3n) is 2.80. The number of ether oxygens (including phenoxy) is 1. The summed E-state index contributed by atoms with van der Waals surface area (Å²) in [4.78, 5) is 0. The van der Waals surface area contributed by atoms with Gasteiger partial charge in [-0.2, -0.15) is 5.10 Å². The van der Waals surface area contributed by atoms with Crippen molar-refractivity contribution in [1.29, 1.82) is 0 Å². The maximum Gasteiger partial charge on any atom is 0.0522 e. The van der Waals surface area contributed by atoms with Crippen LogP contribution in [0.2, 0.25) is 0 Å². The first-order valence-corrected chi connectivity index (χ1v) is 5.02. The van der Waals surface area contributed by atoms with Gasteiger partial charge in [-0.15, -0.1) is 0 Å². The quantitative estimate of drug-likeness (QED) is 0.746. The molecule has 0 radical (unpaired) electrons. The van der Waals surface area contributed by atoms with Crippen LogP contribution in [0, 0.1) is 0 Å². The van der Waals surface area contributed by atoms with E-state index in [0.717, 1.165) is 32.5 Å². The number of rotatable bonds is 2. The maximum atomic E-state index is 6.28. The monoisotopic (exact) mass is 195 g/mol. The van der Waals surface area contributed by atoms with Crippen molar-refractivity contribution in [3.63, 3.8) is 0 Å². The first kappa shape index (κ1) is 9.68. The highest BCUT2D eigenvalue weighted by molar-refractivity contribution is 5.10. The van der Waals surface area contributed by atoms with Crippen molar-refractivity contribution in [2.45, 2.75) is 24.8 Å². The molecule has 0 bridgehead atoms. The average Bonchev–Trinajstić information content (AvgIpc) is 2.51. The molecule has 4 nitrogen and oxygen atoms in total. The second-order valence-electron chi connectivity index (χ2n) is 4.17. The molecule has 14 heavy (non-hydrogen) atoms. The van der Waals surface area contributed by atoms with E-state index >= 15 is 0 Å². The Kier molecular flexibility index (Phi) is 2.56. The molecule has 0 spiro atoms. The summed E-state index contributed by atoms with van der Waals surface area (Å²) in [6.07, 6.45) is 6.72. The predicted molar refractivity (Wildman–Crippen MR) is 53.9 cm³/mol. The molecule has 4 heteroatoms. The summed E-state index contributed by atoms with van der Waals surface area (Å²) < 4.78 is 7.12. The maximum absolute atomic E-state index is 6.28. The summed E-state index contributed by atoms with van der Waals surface area (Å²) in [5, 5.41) is 4.14. The third kappa shape index (κ3) is 2.13. The van der Waals surface area contributed by atoms with E-state index in [4.69, 9.17) is 10.5 Å². The second kappa shape index (κ2) is 3.71. The molecule has 2 N–H and O–H groups in total. The fourth-order valence-corrected chi connectivity index (χ4v) is 1.92. The van der Waals surface area contributed by atoms with Gasteiger partial charge in [0.1, 0.15) is 0 Å². The Balaban J connectivity index is 2.01. The Morgan fingerprint density at radius 3 is 2.86 bits per heavy atom. The second-order valence-corrected chi connectivity index (χ2v) is 4.17. The normalized spacial score (nSPS) is 21.0. The van der Waals surface area contributed by atoms with Gasteiger partial charge < -0.3 is 10.5 Å². The molecule has 1 aromatic heterocycles. The summed E-state index contributed by atoms with van der Waals surface area (Å²) in [6, 6.07) is 0. The standard InChI is InChI=1S/C10H17N3O/c1-13-8-9(7-12-13)6-10(11)2-4-14-5-3-10/h7-8H,2-6,11H2,1H3. The molecule has 2 rings (SSSR count). The first-order chi connectivity index (χ1) is 6.68. The summed E-state index contributed by atoms with van der Waals surface area (Å²) in [6.45, 7) is 1.58. The van der Waals surface area contributed by atoms with E-state index in [1.54, 1.807) is 0 Å². The van der Waals surface area contributed by atoms with Crippen LogP contribution in [0.4, 0.5) is 0 Å². The fourth-order valence-electron chi connectivity index (χ4n) is 1.92. The highest BCUT2D eigenvalue weighted by atomic mass is 16.5. The zero-order valence-electron chi connectivity index (χ0n) is 8.57. The minimum absolute atomic E-state index is 0.0821. The summed E-state index contributed by atoms with van der Waals surface area (Å²) in [5.74, 6) is 0. The molecular weight excluding hydrogens is 178 g/mol. The molecule has 1 fully saturated rings. The number of hydrogen-bond donors (Lipinski definition) is 1. The van der Waals surface area contributed by atoms with E-state index in [0.29, 0.717) is 0 Å². The largest absolute Gasteiger partial charge is 0.381 e. The van der Waals surface area contributed by atoms with Crippen LogP contribution in [-0.4, -0.2) is 28.5 Å². The van der Waals surface area contributed by atoms with Crippen LogP contribution in [0.1, 0.15) is 18.4 Å². The van der Waals surface area contributed by atoms with E-state index in [-0.39, 0.29) is 5.54 Å². The van der Waals surface area contributed by atoms with E-state index in [9.17, 15) is 0 Å². The number of hydrogen-bond acceptors (Lipinski definition) is 3. The minimum atomic E-state index is -0.0821. The third-order valence-corrected chi connectivity index (χ3v) is 2.80. The van der Waals surface area contributed by atoms with Crippen LogP contribution in [0.25, 0.3) is 0 Å². The van der Waals surface area contributed by atoms with Crippen molar-refractivity contribution in [1.82, 2.24) is 9.78 Å². The van der Waals surface area contributed by atoms with E-state index in [1.807, 2.05) is 24.1 Å². The Morgan fingerprint density at radius 2 is 2.29 bits per heavy atom. The van der Waals surface area contributed by atoms with Gasteiger partial charge in [0.15, 0.2) is 0 Å². The predicted octanol–water partition coefficient (Wildman–Crippen LogP) is 0.470. The van der Waals surface area contributed by atoms with E-state index in [2.05, 4.69) is 5.10 Å². The van der Waals surface area contributed by atoms with Crippen LogP contribution in [0.5, 0.6) is 0 Å². The zero-order valence-corrected chi connectivity index (χ0v) is 8.57. The molecule has 0 unspecified atom stereocenters. The number of nitrogens with two attached hydrogens (primary N) is 1. The van der Waals surface area contributed by atoms with Gasteiger partial charge in [0.2, 0.25) is 0 Å². The molecule has 0 saturated carbocycles. The lowest BCUT2D eigenvalue weighted by Crippen LogP contribution is -2.46. The van der Waals surface area contributed by atoms with Gasteiger partial charge >= 0.3 is 0 Å². The minimum Gasteiger partial charge on any atom is -0.381 e. The molecule has 1 aliphatic rings. The fraction of sp³-hybridized carbons (Fsp3) is 0.700. The Labute approximate surface area is 84.0 Å². The highest BCUT2D eigenvalue weighted by Gasteiger charge is 2.28. The topological polar surface area (TPSA) is 53.1 Å². The van der Waals surface area contributed by atoms with Crippen molar-refractivity contribution < 1.29 is 4.74 Å². The van der Waals surface area contributed by atoms with E-state index in [1.165, 1.54) is 5.56 Å². The lowest BCUT2D eigenvalue weighted by Gasteiger charge is -2.32.